The molecule has 24 heavy (non-hydrogen) atoms. The van der Waals surface area contributed by atoms with E-state index in [2.05, 4.69) is 24.0 Å². The minimum atomic E-state index is -4.31. The predicted molar refractivity (Wildman–Crippen MR) is 88.2 cm³/mol. The zero-order valence-corrected chi connectivity index (χ0v) is 13.2. The highest BCUT2D eigenvalue weighted by Crippen LogP contribution is 2.31. The second kappa shape index (κ2) is 6.75. The Bertz CT molecular complexity index is 657. The number of halogens is 3. The molecule has 127 valence electrons. The number of benzene rings is 2. The Morgan fingerprint density at radius 1 is 0.917 bits per heavy atom. The monoisotopic (exact) mass is 334 g/mol. The highest BCUT2D eigenvalue weighted by molar-refractivity contribution is 5.48. The molecule has 0 saturated carbocycles. The molecule has 0 N–H and O–H groups in total. The lowest BCUT2D eigenvalue weighted by atomic mass is 10.1. The number of rotatable bonds is 3. The second-order valence-electron chi connectivity index (χ2n) is 5.99. The molecule has 2 nitrogen and oxygen atoms in total. The summed E-state index contributed by atoms with van der Waals surface area (Å²) in [7, 11) is 0. The van der Waals surface area contributed by atoms with Gasteiger partial charge in [-0.1, -0.05) is 12.1 Å². The molecule has 0 amide bonds. The molecule has 1 saturated heterocycles. The molecule has 2 aromatic carbocycles. The van der Waals surface area contributed by atoms with E-state index in [0.717, 1.165) is 49.3 Å². The quantitative estimate of drug-likeness (QED) is 0.789. The molecule has 0 aliphatic carbocycles. The van der Waals surface area contributed by atoms with Crippen LogP contribution in [0.4, 0.5) is 18.9 Å². The molecule has 1 heterocycles. The lowest BCUT2D eigenvalue weighted by Crippen LogP contribution is -2.38. The minimum absolute atomic E-state index is 0.0325. The topological polar surface area (TPSA) is 12.5 Å². The summed E-state index contributed by atoms with van der Waals surface area (Å²) in [6.45, 7) is 5.60. The number of nitrogens with zero attached hydrogens (tertiary/aromatic N) is 1. The Morgan fingerprint density at radius 2 is 1.50 bits per heavy atom. The zero-order chi connectivity index (χ0) is 17.2. The molecule has 0 aromatic heterocycles. The van der Waals surface area contributed by atoms with Crippen molar-refractivity contribution < 1.29 is 17.9 Å². The fraction of sp³-hybridized carbons (Fsp3) is 0.316. The average molecular weight is 334 g/mol. The molecule has 1 radical (unpaired) electrons. The first-order chi connectivity index (χ1) is 11.4. The largest absolute Gasteiger partial charge is 0.490 e. The standard InChI is InChI=1S/C19H19F3NO/c1-14-2-6-16(7-3-14)23-12-10-18(11-13-23)24-17-8-4-15(5-9-17)19(20,21)22/h2-9,18H,1,10-13H2. The predicted octanol–water partition coefficient (Wildman–Crippen LogP) is 4.94. The first kappa shape index (κ1) is 16.7. The summed E-state index contributed by atoms with van der Waals surface area (Å²) in [6, 6.07) is 13.0. The smallest absolute Gasteiger partial charge is 0.416 e. The Morgan fingerprint density at radius 3 is 2.04 bits per heavy atom. The van der Waals surface area contributed by atoms with Crippen molar-refractivity contribution in [3.63, 3.8) is 0 Å². The number of piperidine rings is 1. The third kappa shape index (κ3) is 4.02. The van der Waals surface area contributed by atoms with Gasteiger partial charge < -0.3 is 9.64 Å². The van der Waals surface area contributed by atoms with E-state index in [4.69, 9.17) is 4.74 Å². The van der Waals surface area contributed by atoms with Crippen LogP contribution >= 0.6 is 0 Å². The molecule has 0 spiro atoms. The van der Waals surface area contributed by atoms with Gasteiger partial charge in [-0.2, -0.15) is 13.2 Å². The highest BCUT2D eigenvalue weighted by atomic mass is 19.4. The number of alkyl halides is 3. The lowest BCUT2D eigenvalue weighted by Gasteiger charge is -2.33. The molecule has 3 rings (SSSR count). The summed E-state index contributed by atoms with van der Waals surface area (Å²) in [5, 5.41) is 0. The van der Waals surface area contributed by atoms with Crippen molar-refractivity contribution in [3.05, 3.63) is 66.6 Å². The van der Waals surface area contributed by atoms with Crippen molar-refractivity contribution in [2.24, 2.45) is 0 Å². The van der Waals surface area contributed by atoms with Gasteiger partial charge in [0.1, 0.15) is 11.9 Å². The maximum atomic E-state index is 12.6. The van der Waals surface area contributed by atoms with Crippen molar-refractivity contribution >= 4 is 5.69 Å². The summed E-state index contributed by atoms with van der Waals surface area (Å²) < 4.78 is 43.5. The van der Waals surface area contributed by atoms with Crippen LogP contribution < -0.4 is 9.64 Å². The van der Waals surface area contributed by atoms with Crippen molar-refractivity contribution in [2.75, 3.05) is 18.0 Å². The summed E-state index contributed by atoms with van der Waals surface area (Å²) >= 11 is 0. The molecule has 1 aliphatic rings. The van der Waals surface area contributed by atoms with Crippen LogP contribution in [-0.4, -0.2) is 19.2 Å². The zero-order valence-electron chi connectivity index (χ0n) is 13.2. The summed E-state index contributed by atoms with van der Waals surface area (Å²) in [4.78, 5) is 2.28. The molecule has 2 aromatic rings. The van der Waals surface area contributed by atoms with Gasteiger partial charge in [-0.3, -0.25) is 0 Å². The summed E-state index contributed by atoms with van der Waals surface area (Å²) in [5.41, 5.74) is 1.49. The SMILES string of the molecule is [CH2]c1ccc(N2CCC(Oc3ccc(C(F)(F)F)cc3)CC2)cc1. The van der Waals surface area contributed by atoms with Gasteiger partial charge in [0.05, 0.1) is 5.56 Å². The van der Waals surface area contributed by atoms with Crippen LogP contribution in [0.2, 0.25) is 0 Å². The van der Waals surface area contributed by atoms with Gasteiger partial charge in [0.2, 0.25) is 0 Å². The van der Waals surface area contributed by atoms with E-state index >= 15 is 0 Å². The van der Waals surface area contributed by atoms with Gasteiger partial charge in [-0.15, -0.1) is 0 Å². The average Bonchev–Trinajstić information content (AvgIpc) is 2.56. The van der Waals surface area contributed by atoms with E-state index in [0.29, 0.717) is 5.75 Å². The molecular weight excluding hydrogens is 315 g/mol. The van der Waals surface area contributed by atoms with E-state index in [1.807, 2.05) is 12.1 Å². The Kier molecular flexibility index (Phi) is 4.69. The Labute approximate surface area is 139 Å². The fourth-order valence-electron chi connectivity index (χ4n) is 2.85. The van der Waals surface area contributed by atoms with E-state index in [1.165, 1.54) is 12.1 Å². The van der Waals surface area contributed by atoms with Crippen LogP contribution in [0.5, 0.6) is 5.75 Å². The third-order valence-corrected chi connectivity index (χ3v) is 4.23. The van der Waals surface area contributed by atoms with E-state index in [1.54, 1.807) is 0 Å². The van der Waals surface area contributed by atoms with Crippen LogP contribution in [0, 0.1) is 6.92 Å². The van der Waals surface area contributed by atoms with Gasteiger partial charge >= 0.3 is 6.18 Å². The Hall–Kier alpha value is -2.17. The molecule has 0 bridgehead atoms. The third-order valence-electron chi connectivity index (χ3n) is 4.23. The molecule has 0 atom stereocenters. The van der Waals surface area contributed by atoms with Crippen LogP contribution in [0.15, 0.2) is 48.5 Å². The van der Waals surface area contributed by atoms with Gasteiger partial charge in [0.15, 0.2) is 0 Å². The first-order valence-electron chi connectivity index (χ1n) is 7.93. The molecule has 5 heteroatoms. The molecular formula is C19H19F3NO. The number of hydrogen-bond donors (Lipinski definition) is 0. The van der Waals surface area contributed by atoms with E-state index in [-0.39, 0.29) is 6.10 Å². The van der Waals surface area contributed by atoms with Gasteiger partial charge in [-0.05, 0) is 48.9 Å². The van der Waals surface area contributed by atoms with Crippen molar-refractivity contribution in [1.82, 2.24) is 0 Å². The maximum Gasteiger partial charge on any atom is 0.416 e. The number of hydrogen-bond acceptors (Lipinski definition) is 2. The van der Waals surface area contributed by atoms with E-state index < -0.39 is 11.7 Å². The number of ether oxygens (including phenoxy) is 1. The van der Waals surface area contributed by atoms with Crippen LogP contribution in [0.3, 0.4) is 0 Å². The summed E-state index contributed by atoms with van der Waals surface area (Å²) in [5.74, 6) is 0.489. The fourth-order valence-corrected chi connectivity index (χ4v) is 2.85. The van der Waals surface area contributed by atoms with Crippen molar-refractivity contribution in [2.45, 2.75) is 25.1 Å². The molecule has 1 aliphatic heterocycles. The maximum absolute atomic E-state index is 12.6. The lowest BCUT2D eigenvalue weighted by molar-refractivity contribution is -0.137. The molecule has 0 unspecified atom stereocenters. The van der Waals surface area contributed by atoms with Crippen LogP contribution in [0.25, 0.3) is 0 Å². The van der Waals surface area contributed by atoms with Gasteiger partial charge in [-0.25, -0.2) is 0 Å². The Balaban J connectivity index is 1.54. The van der Waals surface area contributed by atoms with E-state index in [9.17, 15) is 13.2 Å². The minimum Gasteiger partial charge on any atom is -0.490 e. The van der Waals surface area contributed by atoms with Gasteiger partial charge in [0.25, 0.3) is 0 Å². The second-order valence-corrected chi connectivity index (χ2v) is 5.99. The van der Waals surface area contributed by atoms with Crippen molar-refractivity contribution in [1.29, 1.82) is 0 Å². The van der Waals surface area contributed by atoms with Gasteiger partial charge in [0, 0.05) is 31.6 Å². The first-order valence-corrected chi connectivity index (χ1v) is 7.93. The normalized spacial score (nSPS) is 16.2. The van der Waals surface area contributed by atoms with Crippen LogP contribution in [0.1, 0.15) is 24.0 Å². The number of anilines is 1. The van der Waals surface area contributed by atoms with Crippen LogP contribution in [-0.2, 0) is 6.18 Å². The highest BCUT2D eigenvalue weighted by Gasteiger charge is 2.30. The summed E-state index contributed by atoms with van der Waals surface area (Å²) in [6.07, 6.45) is -2.60. The molecule has 1 fully saturated rings. The van der Waals surface area contributed by atoms with Crippen molar-refractivity contribution in [3.8, 4) is 5.75 Å².